The molecular weight excluding hydrogens is 623 g/mol. The van der Waals surface area contributed by atoms with Crippen LogP contribution in [0.2, 0.25) is 0 Å². The van der Waals surface area contributed by atoms with E-state index >= 15 is 0 Å². The molecule has 320 valence electrons. The lowest BCUT2D eigenvalue weighted by Crippen LogP contribution is -2.25. The highest BCUT2D eigenvalue weighted by molar-refractivity contribution is 4.63. The number of unbranched alkanes of at least 4 members (excludes halogenated alkanes) is 29. The van der Waals surface area contributed by atoms with Gasteiger partial charge in [-0.15, -0.1) is 0 Å². The van der Waals surface area contributed by atoms with Gasteiger partial charge >= 0.3 is 0 Å². The zero-order chi connectivity index (χ0) is 36.7. The second-order valence-corrected chi connectivity index (χ2v) is 15.3. The van der Waals surface area contributed by atoms with Crippen molar-refractivity contribution < 1.29 is 8.33 Å². The molecule has 0 heterocycles. The van der Waals surface area contributed by atoms with Crippen molar-refractivity contribution in [2.24, 2.45) is 17.6 Å². The average molecular weight is 734 g/mol. The number of hydrogen-bond acceptors (Lipinski definition) is 3. The van der Waals surface area contributed by atoms with Gasteiger partial charge in [-0.05, 0) is 38.4 Å². The molecule has 0 atom stereocenters. The average Bonchev–Trinajstić information content (AvgIpc) is 3.14. The molecule has 0 aromatic carbocycles. The van der Waals surface area contributed by atoms with Crippen LogP contribution in [0.4, 0.5) is 0 Å². The van der Waals surface area contributed by atoms with Crippen LogP contribution in [0.1, 0.15) is 283 Å². The van der Waals surface area contributed by atoms with Gasteiger partial charge in [-0.25, -0.2) is 0 Å². The van der Waals surface area contributed by atoms with E-state index in [1.807, 2.05) is 13.8 Å². The number of rotatable bonds is 40. The predicted molar refractivity (Wildman–Crippen MR) is 243 cm³/mol. The largest absolute Gasteiger partial charge is 0.412 e. The Morgan fingerprint density at radius 1 is 0.353 bits per heavy atom. The fourth-order valence-corrected chi connectivity index (χ4v) is 7.47. The van der Waals surface area contributed by atoms with Gasteiger partial charge < -0.3 is 10.4 Å². The first-order chi connectivity index (χ1) is 24.3. The van der Waals surface area contributed by atoms with Crippen LogP contribution in [0.15, 0.2) is 0 Å². The molecule has 6 N–H and O–H groups in total. The van der Waals surface area contributed by atoms with E-state index in [2.05, 4.69) is 44.3 Å². The van der Waals surface area contributed by atoms with Gasteiger partial charge in [-0.2, -0.15) is 0 Å². The van der Waals surface area contributed by atoms with Gasteiger partial charge in [0, 0.05) is 2.85 Å². The molecule has 0 aliphatic heterocycles. The molecule has 0 aliphatic carbocycles. The van der Waals surface area contributed by atoms with Crippen LogP contribution in [0.3, 0.4) is 0 Å². The Bertz CT molecular complexity index is 514. The van der Waals surface area contributed by atoms with Gasteiger partial charge in [0.05, 0.1) is 0 Å². The van der Waals surface area contributed by atoms with Gasteiger partial charge in [0.15, 0.2) is 0 Å². The van der Waals surface area contributed by atoms with Gasteiger partial charge in [0.1, 0.15) is 0 Å². The third-order valence-corrected chi connectivity index (χ3v) is 10.8. The molecule has 0 bridgehead atoms. The lowest BCUT2D eigenvalue weighted by atomic mass is 9.89. The SMILES string of the molecule is C.CC.CCCCCCCCCCCCCCCCCN(CC)CCCCCCCCC(CCCCCCCC)CCCCCCCC.NN.O.[HH].[HH]. The highest BCUT2D eigenvalue weighted by Crippen LogP contribution is 2.25. The lowest BCUT2D eigenvalue weighted by Gasteiger charge is -2.20. The number of hydrogen-bond donors (Lipinski definition) is 2. The molecule has 0 unspecified atom stereocenters. The van der Waals surface area contributed by atoms with Crippen molar-refractivity contribution in [2.75, 3.05) is 19.6 Å². The summed E-state index contributed by atoms with van der Waals surface area (Å²) in [6.07, 6.45) is 52.8. The van der Waals surface area contributed by atoms with Gasteiger partial charge in [0.25, 0.3) is 0 Å². The summed E-state index contributed by atoms with van der Waals surface area (Å²) in [6.45, 7) is 17.3. The summed E-state index contributed by atoms with van der Waals surface area (Å²) in [4.78, 5) is 2.73. The van der Waals surface area contributed by atoms with Crippen molar-refractivity contribution in [2.45, 2.75) is 280 Å². The Labute approximate surface area is 329 Å². The van der Waals surface area contributed by atoms with Crippen molar-refractivity contribution in [3.05, 3.63) is 0 Å². The molecule has 0 fully saturated rings. The van der Waals surface area contributed by atoms with Crippen LogP contribution in [0.5, 0.6) is 0 Å². The van der Waals surface area contributed by atoms with Crippen LogP contribution >= 0.6 is 0 Å². The monoisotopic (exact) mass is 734 g/mol. The van der Waals surface area contributed by atoms with E-state index in [0.29, 0.717) is 0 Å². The molecule has 0 aromatic rings. The molecule has 51 heavy (non-hydrogen) atoms. The van der Waals surface area contributed by atoms with Crippen molar-refractivity contribution in [3.63, 3.8) is 0 Å². The van der Waals surface area contributed by atoms with Crippen molar-refractivity contribution >= 4 is 0 Å². The molecule has 0 spiro atoms. The second kappa shape index (κ2) is 59.1. The number of nitrogens with two attached hydrogens (primary N) is 2. The standard InChI is InChI=1S/C44H91N.C2H6.CH4.H4N2.H2O.2H2/c1-5-9-12-15-18-19-20-21-22-23-24-25-27-32-37-42-45(8-4)43-38-33-28-26-31-36-41-44(39-34-29-16-13-10-6-2)40-35-30-17-14-11-7-3;1-2;;1-2;;;/h44H,5-43H2,1-4H3;1-2H3;1H4;1-2H2;1H2;2*1H. The molecule has 0 aliphatic rings. The first-order valence-corrected chi connectivity index (χ1v) is 23.3. The van der Waals surface area contributed by atoms with E-state index in [-0.39, 0.29) is 15.8 Å². The van der Waals surface area contributed by atoms with Crippen molar-refractivity contribution in [3.8, 4) is 0 Å². The third-order valence-electron chi connectivity index (χ3n) is 10.8. The van der Waals surface area contributed by atoms with Crippen LogP contribution in [-0.2, 0) is 0 Å². The van der Waals surface area contributed by atoms with Gasteiger partial charge in [-0.3, -0.25) is 11.7 Å². The highest BCUT2D eigenvalue weighted by Gasteiger charge is 2.09. The van der Waals surface area contributed by atoms with E-state index in [1.54, 1.807) is 0 Å². The zero-order valence-electron chi connectivity index (χ0n) is 36.3. The minimum absolute atomic E-state index is 0. The number of nitrogens with zero attached hydrogens (tertiary/aromatic N) is 1. The van der Waals surface area contributed by atoms with Crippen LogP contribution in [0, 0.1) is 5.92 Å². The first-order valence-electron chi connectivity index (χ1n) is 23.3. The summed E-state index contributed by atoms with van der Waals surface area (Å²) in [5, 5.41) is 0. The molecule has 0 saturated heterocycles. The summed E-state index contributed by atoms with van der Waals surface area (Å²) >= 11 is 0. The van der Waals surface area contributed by atoms with E-state index in [4.69, 9.17) is 0 Å². The molecule has 0 rings (SSSR count). The maximum Gasteiger partial charge on any atom is 0 e. The van der Waals surface area contributed by atoms with Crippen LogP contribution in [0.25, 0.3) is 0 Å². The molecule has 0 aromatic heterocycles. The van der Waals surface area contributed by atoms with Crippen LogP contribution in [-0.4, -0.2) is 30.0 Å². The summed E-state index contributed by atoms with van der Waals surface area (Å²) in [6, 6.07) is 0. The molecule has 4 heteroatoms. The quantitative estimate of drug-likeness (QED) is 0.0373. The Morgan fingerprint density at radius 2 is 0.549 bits per heavy atom. The third kappa shape index (κ3) is 54.3. The molecule has 4 nitrogen and oxygen atoms in total. The second-order valence-electron chi connectivity index (χ2n) is 15.3. The summed E-state index contributed by atoms with van der Waals surface area (Å²) in [5.74, 6) is 9.03. The summed E-state index contributed by atoms with van der Waals surface area (Å²) in [5.41, 5.74) is 0. The van der Waals surface area contributed by atoms with E-state index in [9.17, 15) is 0 Å². The lowest BCUT2D eigenvalue weighted by molar-refractivity contribution is 0.273. The van der Waals surface area contributed by atoms with E-state index < -0.39 is 0 Å². The van der Waals surface area contributed by atoms with E-state index in [1.165, 1.54) is 251 Å². The Hall–Kier alpha value is -0.160. The minimum atomic E-state index is 0. The molecular formula is C47H111N3O. The first kappa shape index (κ1) is 60.1. The Kier molecular flexibility index (Phi) is 69.7. The maximum atomic E-state index is 4.00. The Morgan fingerprint density at radius 3 is 0.765 bits per heavy atom. The number of hydrazine groups is 1. The smallest absolute Gasteiger partial charge is 0 e. The van der Waals surface area contributed by atoms with Gasteiger partial charge in [-0.1, -0.05) is 267 Å². The topological polar surface area (TPSA) is 86.8 Å². The predicted octanol–water partition coefficient (Wildman–Crippen LogP) is 16.2. The van der Waals surface area contributed by atoms with Crippen LogP contribution < -0.4 is 11.7 Å². The van der Waals surface area contributed by atoms with E-state index in [0.717, 1.165) is 5.92 Å². The molecule has 0 radical (unpaired) electrons. The maximum absolute atomic E-state index is 4.00. The highest BCUT2D eigenvalue weighted by atomic mass is 16.0. The fraction of sp³-hybridized carbons (Fsp3) is 1.00. The van der Waals surface area contributed by atoms with Crippen molar-refractivity contribution in [1.82, 2.24) is 4.90 Å². The zero-order valence-corrected chi connectivity index (χ0v) is 36.3. The molecule has 0 saturated carbocycles. The Balaban J connectivity index is -0.000000510. The van der Waals surface area contributed by atoms with Crippen molar-refractivity contribution in [1.29, 1.82) is 0 Å². The molecule has 0 amide bonds. The van der Waals surface area contributed by atoms with Gasteiger partial charge in [0.2, 0.25) is 0 Å². The summed E-state index contributed by atoms with van der Waals surface area (Å²) in [7, 11) is 0. The normalized spacial score (nSPS) is 10.7. The minimum Gasteiger partial charge on any atom is -0.412 e. The summed E-state index contributed by atoms with van der Waals surface area (Å²) < 4.78 is 0. The fourth-order valence-electron chi connectivity index (χ4n) is 7.47.